The second-order valence-electron chi connectivity index (χ2n) is 1.30. The molecule has 0 aliphatic rings. The summed E-state index contributed by atoms with van der Waals surface area (Å²) in [6.45, 7) is 3.63. The standard InChI is InChI=1S/C4H11O4P.Ag/c1-3-7-9(5,6)8-4-2;/h3-4H2,1-2H3,(H,5,6);. The van der Waals surface area contributed by atoms with Crippen LogP contribution in [-0.2, 0) is 36.0 Å². The van der Waals surface area contributed by atoms with Crippen LogP contribution in [0, 0.1) is 0 Å². The van der Waals surface area contributed by atoms with E-state index in [2.05, 4.69) is 9.05 Å². The fourth-order valence-corrected chi connectivity index (χ4v) is 1.09. The Labute approximate surface area is 76.0 Å². The Morgan fingerprint density at radius 1 is 1.30 bits per heavy atom. The van der Waals surface area contributed by atoms with Gasteiger partial charge in [0, 0.05) is 22.4 Å². The molecule has 0 atom stereocenters. The molecule has 0 fully saturated rings. The van der Waals surface area contributed by atoms with E-state index in [0.717, 1.165) is 0 Å². The summed E-state index contributed by atoms with van der Waals surface area (Å²) < 4.78 is 19.2. The second kappa shape index (κ2) is 6.55. The van der Waals surface area contributed by atoms with Crippen molar-refractivity contribution in [3.63, 3.8) is 0 Å². The van der Waals surface area contributed by atoms with Gasteiger partial charge < -0.3 is 4.89 Å². The molecule has 0 aliphatic heterocycles. The Balaban J connectivity index is 0. The van der Waals surface area contributed by atoms with Gasteiger partial charge in [-0.2, -0.15) is 0 Å². The maximum atomic E-state index is 10.5. The average Bonchev–Trinajstić information content (AvgIpc) is 1.64. The SMILES string of the molecule is CCOP(=O)(O)OCC.[Ag]. The molecule has 0 spiro atoms. The Morgan fingerprint density at radius 2 is 1.60 bits per heavy atom. The van der Waals surface area contributed by atoms with E-state index in [4.69, 9.17) is 4.89 Å². The quantitative estimate of drug-likeness (QED) is 0.610. The monoisotopic (exact) mass is 261 g/mol. The van der Waals surface area contributed by atoms with Crippen molar-refractivity contribution in [1.82, 2.24) is 0 Å². The summed E-state index contributed by atoms with van der Waals surface area (Å²) in [5, 5.41) is 0. The van der Waals surface area contributed by atoms with Crippen molar-refractivity contribution in [2.24, 2.45) is 0 Å². The van der Waals surface area contributed by atoms with Gasteiger partial charge in [0.25, 0.3) is 0 Å². The van der Waals surface area contributed by atoms with Crippen LogP contribution in [0.1, 0.15) is 13.8 Å². The molecule has 0 unspecified atom stereocenters. The molecule has 4 nitrogen and oxygen atoms in total. The molecule has 0 saturated heterocycles. The smallest absolute Gasteiger partial charge is 0.302 e. The number of hydrogen-bond acceptors (Lipinski definition) is 3. The molecule has 10 heavy (non-hydrogen) atoms. The molecule has 0 aromatic heterocycles. The largest absolute Gasteiger partial charge is 0.472 e. The van der Waals surface area contributed by atoms with E-state index >= 15 is 0 Å². The van der Waals surface area contributed by atoms with Crippen molar-refractivity contribution < 1.29 is 40.9 Å². The van der Waals surface area contributed by atoms with Gasteiger partial charge in [-0.05, 0) is 13.8 Å². The number of rotatable bonds is 4. The van der Waals surface area contributed by atoms with E-state index in [0.29, 0.717) is 0 Å². The number of hydrogen-bond donors (Lipinski definition) is 1. The minimum atomic E-state index is -3.69. The first-order valence-corrected chi connectivity index (χ1v) is 4.23. The van der Waals surface area contributed by atoms with Gasteiger partial charge in [0.05, 0.1) is 13.2 Å². The van der Waals surface area contributed by atoms with Crippen LogP contribution in [0.25, 0.3) is 0 Å². The molecule has 0 rings (SSSR count). The summed E-state index contributed by atoms with van der Waals surface area (Å²) in [6, 6.07) is 0. The molecule has 1 radical (unpaired) electrons. The summed E-state index contributed by atoms with van der Waals surface area (Å²) in [5.41, 5.74) is 0. The molecule has 0 aromatic rings. The van der Waals surface area contributed by atoms with Crippen LogP contribution in [0.2, 0.25) is 0 Å². The Hall–Kier alpha value is 0.850. The van der Waals surface area contributed by atoms with Crippen LogP contribution in [0.4, 0.5) is 0 Å². The fourth-order valence-electron chi connectivity index (χ4n) is 0.364. The van der Waals surface area contributed by atoms with E-state index in [1.165, 1.54) is 0 Å². The predicted molar refractivity (Wildman–Crippen MR) is 33.1 cm³/mol. The van der Waals surface area contributed by atoms with Gasteiger partial charge in [0.15, 0.2) is 0 Å². The minimum absolute atomic E-state index is 0. The Morgan fingerprint density at radius 3 is 1.80 bits per heavy atom. The van der Waals surface area contributed by atoms with Gasteiger partial charge in [0.1, 0.15) is 0 Å². The zero-order chi connectivity index (χ0) is 7.33. The van der Waals surface area contributed by atoms with Crippen molar-refractivity contribution in [3.05, 3.63) is 0 Å². The van der Waals surface area contributed by atoms with Gasteiger partial charge >= 0.3 is 7.82 Å². The fraction of sp³-hybridized carbons (Fsp3) is 1.00. The van der Waals surface area contributed by atoms with Crippen molar-refractivity contribution in [1.29, 1.82) is 0 Å². The molecule has 0 amide bonds. The molecule has 0 bridgehead atoms. The molecule has 0 heterocycles. The van der Waals surface area contributed by atoms with Crippen molar-refractivity contribution in [2.75, 3.05) is 13.2 Å². The van der Waals surface area contributed by atoms with Crippen LogP contribution in [0.3, 0.4) is 0 Å². The van der Waals surface area contributed by atoms with Crippen LogP contribution < -0.4 is 0 Å². The zero-order valence-electron chi connectivity index (χ0n) is 5.83. The van der Waals surface area contributed by atoms with Gasteiger partial charge in [-0.25, -0.2) is 4.57 Å². The third-order valence-electron chi connectivity index (χ3n) is 0.584. The summed E-state index contributed by atoms with van der Waals surface area (Å²) in [4.78, 5) is 8.63. The molecule has 67 valence electrons. The molecule has 0 aliphatic carbocycles. The van der Waals surface area contributed by atoms with Gasteiger partial charge in [0.2, 0.25) is 0 Å². The molecular weight excluding hydrogens is 251 g/mol. The van der Waals surface area contributed by atoms with Crippen molar-refractivity contribution in [2.45, 2.75) is 13.8 Å². The second-order valence-corrected chi connectivity index (χ2v) is 2.76. The molecular formula is C4H11AgO4P. The molecule has 0 saturated carbocycles. The molecule has 1 N–H and O–H groups in total. The average molecular weight is 262 g/mol. The first-order chi connectivity index (χ1) is 4.12. The van der Waals surface area contributed by atoms with Crippen molar-refractivity contribution >= 4 is 7.82 Å². The Bertz CT molecular complexity index is 108. The maximum absolute atomic E-state index is 10.5. The number of phosphoric acid groups is 1. The van der Waals surface area contributed by atoms with E-state index < -0.39 is 7.82 Å². The molecule has 6 heteroatoms. The van der Waals surface area contributed by atoms with Crippen molar-refractivity contribution in [3.8, 4) is 0 Å². The maximum Gasteiger partial charge on any atom is 0.472 e. The summed E-state index contributed by atoms with van der Waals surface area (Å²) in [5.74, 6) is 0. The topological polar surface area (TPSA) is 55.8 Å². The third-order valence-corrected chi connectivity index (χ3v) is 1.75. The predicted octanol–water partition coefficient (Wildman–Crippen LogP) is 1.16. The number of phosphoric ester groups is 1. The first kappa shape index (κ1) is 13.4. The summed E-state index contributed by atoms with van der Waals surface area (Å²) in [6.07, 6.45) is 0. The third kappa shape index (κ3) is 6.96. The van der Waals surface area contributed by atoms with Gasteiger partial charge in [-0.1, -0.05) is 0 Å². The minimum Gasteiger partial charge on any atom is -0.302 e. The summed E-state index contributed by atoms with van der Waals surface area (Å²) >= 11 is 0. The zero-order valence-corrected chi connectivity index (χ0v) is 8.21. The normalized spacial score (nSPS) is 10.7. The Kier molecular flexibility index (Phi) is 8.81. The van der Waals surface area contributed by atoms with Gasteiger partial charge in [-0.15, -0.1) is 0 Å². The van der Waals surface area contributed by atoms with E-state index in [-0.39, 0.29) is 35.6 Å². The van der Waals surface area contributed by atoms with Crippen LogP contribution in [0.15, 0.2) is 0 Å². The van der Waals surface area contributed by atoms with Crippen LogP contribution in [-0.4, -0.2) is 18.1 Å². The summed E-state index contributed by atoms with van der Waals surface area (Å²) in [7, 11) is -3.69. The van der Waals surface area contributed by atoms with Crippen LogP contribution in [0.5, 0.6) is 0 Å². The van der Waals surface area contributed by atoms with Crippen LogP contribution >= 0.6 is 7.82 Å². The van der Waals surface area contributed by atoms with Gasteiger partial charge in [-0.3, -0.25) is 9.05 Å². The van der Waals surface area contributed by atoms with E-state index in [9.17, 15) is 4.57 Å². The first-order valence-electron chi connectivity index (χ1n) is 2.74. The molecule has 0 aromatic carbocycles. The van der Waals surface area contributed by atoms with E-state index in [1.807, 2.05) is 0 Å². The van der Waals surface area contributed by atoms with E-state index in [1.54, 1.807) is 13.8 Å².